The van der Waals surface area contributed by atoms with Crippen molar-refractivity contribution in [3.05, 3.63) is 22.4 Å². The number of hydrogen-bond acceptors (Lipinski definition) is 5. The smallest absolute Gasteiger partial charge is 0.191 e. The molecule has 0 aliphatic carbocycles. The molecule has 0 aromatic carbocycles. The molecule has 0 unspecified atom stereocenters. The number of nitrogens with zero attached hydrogens (tertiary/aromatic N) is 1. The first-order valence-electron chi connectivity index (χ1n) is 8.29. The van der Waals surface area contributed by atoms with Crippen LogP contribution in [-0.4, -0.2) is 58.2 Å². The number of guanidine groups is 1. The lowest BCUT2D eigenvalue weighted by molar-refractivity contribution is 0.0768. The summed E-state index contributed by atoms with van der Waals surface area (Å²) in [4.78, 5) is 5.87. The molecule has 1 aliphatic heterocycles. The van der Waals surface area contributed by atoms with Crippen LogP contribution in [0.4, 0.5) is 0 Å². The van der Waals surface area contributed by atoms with E-state index in [1.807, 2.05) is 13.0 Å². The standard InChI is InChI=1S/C16H27N3O3S2.HI/c1-3-17-15(18-9-6-14-5-4-12-23-14)19-13-16(24(2,20)21)7-10-22-11-8-16;/h4-5,12H,3,6-11,13H2,1-2H3,(H2,17,18,19);1H. The number of aliphatic imine (C=N–C) groups is 1. The highest BCUT2D eigenvalue weighted by atomic mass is 127. The molecule has 0 spiro atoms. The van der Waals surface area contributed by atoms with Gasteiger partial charge < -0.3 is 15.4 Å². The number of rotatable bonds is 7. The maximum absolute atomic E-state index is 12.3. The monoisotopic (exact) mass is 501 g/mol. The topological polar surface area (TPSA) is 79.8 Å². The van der Waals surface area contributed by atoms with Crippen LogP contribution in [0.3, 0.4) is 0 Å². The Morgan fingerprint density at radius 2 is 2.08 bits per heavy atom. The first-order valence-corrected chi connectivity index (χ1v) is 11.1. The van der Waals surface area contributed by atoms with Crippen LogP contribution in [0.2, 0.25) is 0 Å². The minimum Gasteiger partial charge on any atom is -0.381 e. The first kappa shape index (κ1) is 22.7. The third-order valence-electron chi connectivity index (χ3n) is 4.30. The first-order chi connectivity index (χ1) is 11.5. The molecule has 0 atom stereocenters. The van der Waals surface area contributed by atoms with Gasteiger partial charge >= 0.3 is 0 Å². The summed E-state index contributed by atoms with van der Waals surface area (Å²) >= 11 is 1.73. The Hall–Kier alpha value is -0.390. The zero-order valence-corrected chi connectivity index (χ0v) is 18.7. The molecule has 2 heterocycles. The molecule has 0 amide bonds. The van der Waals surface area contributed by atoms with E-state index in [4.69, 9.17) is 4.74 Å². The minimum absolute atomic E-state index is 0. The van der Waals surface area contributed by atoms with Crippen molar-refractivity contribution in [2.45, 2.75) is 30.9 Å². The second-order valence-electron chi connectivity index (χ2n) is 6.02. The Morgan fingerprint density at radius 3 is 2.64 bits per heavy atom. The lowest BCUT2D eigenvalue weighted by Crippen LogP contribution is -2.47. The summed E-state index contributed by atoms with van der Waals surface area (Å²) in [7, 11) is -3.20. The molecular weight excluding hydrogens is 473 g/mol. The lowest BCUT2D eigenvalue weighted by atomic mass is 9.99. The Morgan fingerprint density at radius 1 is 1.36 bits per heavy atom. The highest BCUT2D eigenvalue weighted by Crippen LogP contribution is 2.29. The van der Waals surface area contributed by atoms with Gasteiger partial charge in [0, 0.05) is 37.4 Å². The average Bonchev–Trinajstić information content (AvgIpc) is 3.06. The largest absolute Gasteiger partial charge is 0.381 e. The number of halogens is 1. The van der Waals surface area contributed by atoms with Crippen LogP contribution in [0.15, 0.2) is 22.5 Å². The molecule has 1 aromatic rings. The molecule has 2 N–H and O–H groups in total. The minimum atomic E-state index is -3.20. The van der Waals surface area contributed by atoms with Gasteiger partial charge in [-0.3, -0.25) is 4.99 Å². The summed E-state index contributed by atoms with van der Waals surface area (Å²) in [5.74, 6) is 0.670. The summed E-state index contributed by atoms with van der Waals surface area (Å²) in [6.45, 7) is 4.72. The summed E-state index contributed by atoms with van der Waals surface area (Å²) < 4.78 is 29.1. The normalized spacial score (nSPS) is 17.6. The van der Waals surface area contributed by atoms with Gasteiger partial charge in [-0.2, -0.15) is 0 Å². The average molecular weight is 501 g/mol. The van der Waals surface area contributed by atoms with Crippen LogP contribution >= 0.6 is 35.3 Å². The quantitative estimate of drug-likeness (QED) is 0.340. The summed E-state index contributed by atoms with van der Waals surface area (Å²) in [5, 5.41) is 8.54. The van der Waals surface area contributed by atoms with Gasteiger partial charge in [-0.15, -0.1) is 35.3 Å². The van der Waals surface area contributed by atoms with E-state index >= 15 is 0 Å². The van der Waals surface area contributed by atoms with Crippen LogP contribution in [0.1, 0.15) is 24.6 Å². The molecule has 1 fully saturated rings. The van der Waals surface area contributed by atoms with Crippen molar-refractivity contribution in [3.8, 4) is 0 Å². The van der Waals surface area contributed by atoms with E-state index in [2.05, 4.69) is 27.1 Å². The third-order valence-corrected chi connectivity index (χ3v) is 7.35. The maximum atomic E-state index is 12.3. The van der Waals surface area contributed by atoms with E-state index in [1.165, 1.54) is 11.1 Å². The molecule has 144 valence electrons. The van der Waals surface area contributed by atoms with E-state index in [9.17, 15) is 8.42 Å². The van der Waals surface area contributed by atoms with E-state index in [0.29, 0.717) is 32.0 Å². The van der Waals surface area contributed by atoms with Crippen LogP contribution in [0, 0.1) is 0 Å². The third kappa shape index (κ3) is 6.69. The van der Waals surface area contributed by atoms with Crippen molar-refractivity contribution in [1.29, 1.82) is 0 Å². The fraction of sp³-hybridized carbons (Fsp3) is 0.688. The predicted octanol–water partition coefficient (Wildman–Crippen LogP) is 2.06. The molecule has 6 nitrogen and oxygen atoms in total. The van der Waals surface area contributed by atoms with E-state index in [-0.39, 0.29) is 30.5 Å². The number of thiophene rings is 1. The van der Waals surface area contributed by atoms with Gasteiger partial charge in [0.1, 0.15) is 0 Å². The van der Waals surface area contributed by atoms with Gasteiger partial charge in [0.25, 0.3) is 0 Å². The Kier molecular flexibility index (Phi) is 9.68. The Balaban J connectivity index is 0.00000312. The van der Waals surface area contributed by atoms with Gasteiger partial charge in [-0.25, -0.2) is 8.42 Å². The van der Waals surface area contributed by atoms with Gasteiger partial charge in [0.15, 0.2) is 15.8 Å². The van der Waals surface area contributed by atoms with E-state index < -0.39 is 14.6 Å². The van der Waals surface area contributed by atoms with Gasteiger partial charge in [-0.1, -0.05) is 6.07 Å². The van der Waals surface area contributed by atoms with Crippen molar-refractivity contribution < 1.29 is 13.2 Å². The Bertz CT molecular complexity index is 627. The molecule has 0 bridgehead atoms. The fourth-order valence-corrected chi connectivity index (χ4v) is 4.63. The van der Waals surface area contributed by atoms with Crippen LogP contribution in [-0.2, 0) is 21.0 Å². The van der Waals surface area contributed by atoms with Crippen molar-refractivity contribution in [2.24, 2.45) is 4.99 Å². The summed E-state index contributed by atoms with van der Waals surface area (Å²) in [6.07, 6.45) is 3.24. The second-order valence-corrected chi connectivity index (χ2v) is 9.46. The molecule has 0 saturated carbocycles. The van der Waals surface area contributed by atoms with Crippen molar-refractivity contribution in [2.75, 3.05) is 39.1 Å². The SMILES string of the molecule is CCNC(=NCC1(S(C)(=O)=O)CCOCC1)NCCc1cccs1.I. The molecule has 1 aromatic heterocycles. The van der Waals surface area contributed by atoms with Gasteiger partial charge in [0.2, 0.25) is 0 Å². The van der Waals surface area contributed by atoms with Gasteiger partial charge in [-0.05, 0) is 37.6 Å². The highest BCUT2D eigenvalue weighted by molar-refractivity contribution is 14.0. The van der Waals surface area contributed by atoms with Crippen LogP contribution in [0.5, 0.6) is 0 Å². The molecule has 2 rings (SSSR count). The van der Waals surface area contributed by atoms with Crippen molar-refractivity contribution in [1.82, 2.24) is 10.6 Å². The Labute approximate surface area is 171 Å². The molecule has 25 heavy (non-hydrogen) atoms. The summed E-state index contributed by atoms with van der Waals surface area (Å²) in [6, 6.07) is 4.15. The van der Waals surface area contributed by atoms with Crippen molar-refractivity contribution in [3.63, 3.8) is 0 Å². The number of sulfone groups is 1. The van der Waals surface area contributed by atoms with Crippen LogP contribution in [0.25, 0.3) is 0 Å². The zero-order valence-electron chi connectivity index (χ0n) is 14.8. The number of hydrogen-bond donors (Lipinski definition) is 2. The molecular formula is C16H28IN3O3S2. The molecule has 9 heteroatoms. The van der Waals surface area contributed by atoms with Crippen molar-refractivity contribution >= 4 is 51.1 Å². The van der Waals surface area contributed by atoms with E-state index in [0.717, 1.165) is 19.5 Å². The second kappa shape index (κ2) is 10.7. The zero-order chi connectivity index (χ0) is 17.5. The molecule has 1 aliphatic rings. The maximum Gasteiger partial charge on any atom is 0.191 e. The fourth-order valence-electron chi connectivity index (χ4n) is 2.71. The number of nitrogens with one attached hydrogen (secondary N) is 2. The lowest BCUT2D eigenvalue weighted by Gasteiger charge is -2.34. The summed E-state index contributed by atoms with van der Waals surface area (Å²) in [5.41, 5.74) is 0. The highest BCUT2D eigenvalue weighted by Gasteiger charge is 2.42. The van der Waals surface area contributed by atoms with E-state index in [1.54, 1.807) is 11.3 Å². The molecule has 0 radical (unpaired) electrons. The number of ether oxygens (including phenoxy) is 1. The van der Waals surface area contributed by atoms with Gasteiger partial charge in [0.05, 0.1) is 11.3 Å². The predicted molar refractivity (Wildman–Crippen MR) is 115 cm³/mol. The molecule has 1 saturated heterocycles. The van der Waals surface area contributed by atoms with Crippen LogP contribution < -0.4 is 10.6 Å².